The van der Waals surface area contributed by atoms with Gasteiger partial charge >= 0.3 is 5.97 Å². The number of aromatic hydroxyl groups is 2. The van der Waals surface area contributed by atoms with Crippen LogP contribution in [0, 0.1) is 5.41 Å². The summed E-state index contributed by atoms with van der Waals surface area (Å²) in [5.41, 5.74) is 9.39. The molecule has 9 nitrogen and oxygen atoms in total. The number of phenolic OH excluding ortho intramolecular Hbond substituents is 2. The largest absolute Gasteiger partial charge is 0.507 e. The lowest BCUT2D eigenvalue weighted by atomic mass is 9.94. The van der Waals surface area contributed by atoms with E-state index in [0.29, 0.717) is 44.7 Å². The van der Waals surface area contributed by atoms with Gasteiger partial charge < -0.3 is 31.1 Å². The van der Waals surface area contributed by atoms with Crippen molar-refractivity contribution in [3.05, 3.63) is 65.2 Å². The number of H-pyrrole nitrogens is 1. The number of aromatic amines is 1. The van der Waals surface area contributed by atoms with Crippen molar-refractivity contribution in [1.29, 1.82) is 5.41 Å². The first-order valence-electron chi connectivity index (χ1n) is 10.1. The van der Waals surface area contributed by atoms with Gasteiger partial charge in [0.05, 0.1) is 23.0 Å². The molecule has 0 aliphatic rings. The van der Waals surface area contributed by atoms with E-state index >= 15 is 0 Å². The van der Waals surface area contributed by atoms with Gasteiger partial charge in [-0.3, -0.25) is 10.2 Å². The van der Waals surface area contributed by atoms with Gasteiger partial charge in [-0.25, -0.2) is 4.98 Å². The molecule has 1 heterocycles. The van der Waals surface area contributed by atoms with E-state index in [4.69, 9.17) is 11.1 Å². The summed E-state index contributed by atoms with van der Waals surface area (Å²) in [5, 5.41) is 47.4. The number of imidazole rings is 1. The molecule has 33 heavy (non-hydrogen) atoms. The van der Waals surface area contributed by atoms with Crippen LogP contribution in [0.15, 0.2) is 48.5 Å². The molecule has 0 spiro atoms. The molecule has 3 aromatic carbocycles. The van der Waals surface area contributed by atoms with Crippen molar-refractivity contribution in [1.82, 2.24) is 9.97 Å². The molecule has 0 atom stereocenters. The monoisotopic (exact) mass is 446 g/mol. The van der Waals surface area contributed by atoms with Gasteiger partial charge in [-0.05, 0) is 59.5 Å². The van der Waals surface area contributed by atoms with Crippen molar-refractivity contribution in [2.24, 2.45) is 5.73 Å². The third-order valence-electron chi connectivity index (χ3n) is 5.32. The summed E-state index contributed by atoms with van der Waals surface area (Å²) in [7, 11) is 0. The molecule has 168 valence electrons. The van der Waals surface area contributed by atoms with Crippen LogP contribution in [-0.2, 0) is 17.6 Å². The molecule has 4 aromatic rings. The number of hydrogen-bond acceptors (Lipinski definition) is 6. The molecule has 0 unspecified atom stereocenters. The van der Waals surface area contributed by atoms with E-state index in [-0.39, 0.29) is 42.3 Å². The van der Waals surface area contributed by atoms with Crippen molar-refractivity contribution in [3.8, 4) is 34.0 Å². The Morgan fingerprint density at radius 1 is 1.06 bits per heavy atom. The van der Waals surface area contributed by atoms with Gasteiger partial charge in [-0.1, -0.05) is 12.1 Å². The van der Waals surface area contributed by atoms with Crippen molar-refractivity contribution in [2.45, 2.75) is 12.8 Å². The number of carboxylic acids is 1. The van der Waals surface area contributed by atoms with E-state index in [9.17, 15) is 25.2 Å². The van der Waals surface area contributed by atoms with Gasteiger partial charge in [0.15, 0.2) is 0 Å². The summed E-state index contributed by atoms with van der Waals surface area (Å²) in [6.07, 6.45) is -0.0732. The molecule has 4 rings (SSSR count). The maximum Gasteiger partial charge on any atom is 0.307 e. The van der Waals surface area contributed by atoms with Crippen LogP contribution in [0.5, 0.6) is 11.5 Å². The number of nitrogens with one attached hydrogen (secondary N) is 2. The minimum Gasteiger partial charge on any atom is -0.507 e. The molecule has 0 radical (unpaired) electrons. The van der Waals surface area contributed by atoms with E-state index in [1.807, 2.05) is 0 Å². The molecule has 0 bridgehead atoms. The summed E-state index contributed by atoms with van der Waals surface area (Å²) in [5.74, 6) is -1.02. The maximum absolute atomic E-state index is 11.4. The second-order valence-electron chi connectivity index (χ2n) is 7.66. The number of rotatable bonds is 7. The number of hydrogen-bond donors (Lipinski definition) is 7. The Labute approximate surface area is 188 Å². The van der Waals surface area contributed by atoms with E-state index in [2.05, 4.69) is 9.97 Å². The van der Waals surface area contributed by atoms with Gasteiger partial charge in [0, 0.05) is 17.7 Å². The first kappa shape index (κ1) is 21.8. The van der Waals surface area contributed by atoms with E-state index in [0.717, 1.165) is 0 Å². The number of aliphatic hydroxyl groups excluding tert-OH is 1. The SMILES string of the molecule is N=C(N)c1ccc2nc(-c3cc(CC(=O)O)cc(-c4c(O)ccc(CCO)c4O)c3)[nH]c2c1. The number of phenols is 2. The van der Waals surface area contributed by atoms with Crippen LogP contribution in [0.1, 0.15) is 16.7 Å². The normalized spacial score (nSPS) is 11.1. The summed E-state index contributed by atoms with van der Waals surface area (Å²) in [6, 6.07) is 13.0. The topological polar surface area (TPSA) is 177 Å². The highest BCUT2D eigenvalue weighted by molar-refractivity contribution is 5.98. The zero-order valence-corrected chi connectivity index (χ0v) is 17.5. The van der Waals surface area contributed by atoms with E-state index in [1.54, 1.807) is 36.4 Å². The number of amidine groups is 1. The number of carboxylic acid groups (broad SMARTS) is 1. The molecule has 0 saturated carbocycles. The van der Waals surface area contributed by atoms with Gasteiger partial charge in [0.25, 0.3) is 0 Å². The molecule has 1 aromatic heterocycles. The number of fused-ring (bicyclic) bond motifs is 1. The first-order valence-corrected chi connectivity index (χ1v) is 10.1. The van der Waals surface area contributed by atoms with Crippen molar-refractivity contribution < 1.29 is 25.2 Å². The number of aliphatic hydroxyl groups is 1. The fraction of sp³-hybridized carbons (Fsp3) is 0.125. The van der Waals surface area contributed by atoms with Gasteiger partial charge in [-0.2, -0.15) is 0 Å². The van der Waals surface area contributed by atoms with Crippen LogP contribution < -0.4 is 5.73 Å². The number of aromatic nitrogens is 2. The maximum atomic E-state index is 11.4. The smallest absolute Gasteiger partial charge is 0.307 e. The molecule has 0 aliphatic carbocycles. The van der Waals surface area contributed by atoms with Gasteiger partial charge in [-0.15, -0.1) is 0 Å². The minimum atomic E-state index is -1.03. The van der Waals surface area contributed by atoms with Crippen LogP contribution in [0.4, 0.5) is 0 Å². The van der Waals surface area contributed by atoms with Crippen LogP contribution in [0.3, 0.4) is 0 Å². The van der Waals surface area contributed by atoms with E-state index in [1.165, 1.54) is 12.1 Å². The fourth-order valence-corrected chi connectivity index (χ4v) is 3.79. The Morgan fingerprint density at radius 2 is 1.82 bits per heavy atom. The molecular formula is C24H22N4O5. The van der Waals surface area contributed by atoms with Gasteiger partial charge in [0.2, 0.25) is 0 Å². The number of aliphatic carboxylic acids is 1. The average Bonchev–Trinajstić information content (AvgIpc) is 3.19. The van der Waals surface area contributed by atoms with Crippen molar-refractivity contribution >= 4 is 22.8 Å². The summed E-state index contributed by atoms with van der Waals surface area (Å²) in [4.78, 5) is 19.1. The number of nitrogens with two attached hydrogens (primary N) is 1. The molecular weight excluding hydrogens is 424 g/mol. The zero-order valence-electron chi connectivity index (χ0n) is 17.5. The fourth-order valence-electron chi connectivity index (χ4n) is 3.79. The first-order chi connectivity index (χ1) is 15.8. The minimum absolute atomic E-state index is 0.0764. The average molecular weight is 446 g/mol. The van der Waals surface area contributed by atoms with Crippen LogP contribution in [0.2, 0.25) is 0 Å². The third kappa shape index (κ3) is 4.35. The van der Waals surface area contributed by atoms with Crippen molar-refractivity contribution in [2.75, 3.05) is 6.61 Å². The Hall–Kier alpha value is -4.37. The number of carbonyl (C=O) groups is 1. The highest BCUT2D eigenvalue weighted by Gasteiger charge is 2.18. The number of benzene rings is 3. The predicted molar refractivity (Wildman–Crippen MR) is 123 cm³/mol. The van der Waals surface area contributed by atoms with Crippen LogP contribution >= 0.6 is 0 Å². The molecule has 0 fully saturated rings. The number of nitrogen functional groups attached to an aromatic ring is 1. The summed E-state index contributed by atoms with van der Waals surface area (Å²) >= 11 is 0. The Bertz CT molecular complexity index is 1390. The van der Waals surface area contributed by atoms with Crippen molar-refractivity contribution in [3.63, 3.8) is 0 Å². The number of nitrogens with zero attached hydrogens (tertiary/aromatic N) is 1. The molecule has 8 N–H and O–H groups in total. The Balaban J connectivity index is 1.90. The predicted octanol–water partition coefficient (Wildman–Crippen LogP) is 2.75. The summed E-state index contributed by atoms with van der Waals surface area (Å²) < 4.78 is 0. The van der Waals surface area contributed by atoms with Crippen LogP contribution in [0.25, 0.3) is 33.5 Å². The summed E-state index contributed by atoms with van der Waals surface area (Å²) in [6.45, 7) is -0.177. The van der Waals surface area contributed by atoms with Gasteiger partial charge in [0.1, 0.15) is 23.2 Å². The van der Waals surface area contributed by atoms with E-state index < -0.39 is 5.97 Å². The second kappa shape index (κ2) is 8.64. The lowest BCUT2D eigenvalue weighted by molar-refractivity contribution is -0.136. The zero-order chi connectivity index (χ0) is 23.7. The molecule has 9 heteroatoms. The molecule has 0 amide bonds. The highest BCUT2D eigenvalue weighted by Crippen LogP contribution is 2.41. The third-order valence-corrected chi connectivity index (χ3v) is 5.32. The highest BCUT2D eigenvalue weighted by atomic mass is 16.4. The standard InChI is InChI=1S/C24H22N4O5/c25-23(26)14-1-3-17-18(11-14)28-24(27-17)16-8-12(9-20(31)32)7-15(10-16)21-19(30)4-2-13(5-6-29)22(21)33/h1-4,7-8,10-11,29-30,33H,5-6,9H2,(H3,25,26)(H,27,28)(H,31,32). The van der Waals surface area contributed by atoms with Crippen LogP contribution in [-0.4, -0.2) is 48.8 Å². The second-order valence-corrected chi connectivity index (χ2v) is 7.66. The lowest BCUT2D eigenvalue weighted by Crippen LogP contribution is -2.10. The molecule has 0 aliphatic heterocycles. The Kier molecular flexibility index (Phi) is 5.72. The lowest BCUT2D eigenvalue weighted by Gasteiger charge is -2.14. The molecule has 0 saturated heterocycles. The quantitative estimate of drug-likeness (QED) is 0.168. The Morgan fingerprint density at radius 3 is 2.52 bits per heavy atom.